The number of hydrogen-bond donors (Lipinski definition) is 2. The summed E-state index contributed by atoms with van der Waals surface area (Å²) in [6, 6.07) is 2.28. The summed E-state index contributed by atoms with van der Waals surface area (Å²) in [6.45, 7) is 5.55. The molecule has 0 saturated heterocycles. The Bertz CT molecular complexity index is 996. The van der Waals surface area contributed by atoms with Crippen molar-refractivity contribution in [2.75, 3.05) is 22.6 Å². The number of anilines is 3. The van der Waals surface area contributed by atoms with Crippen molar-refractivity contribution in [1.29, 1.82) is 0 Å². The molecule has 0 aliphatic carbocycles. The maximum atomic E-state index is 12.8. The second kappa shape index (κ2) is 6.43. The molecule has 0 fully saturated rings. The Morgan fingerprint density at radius 1 is 1.13 bits per heavy atom. The van der Waals surface area contributed by atoms with Gasteiger partial charge in [-0.25, -0.2) is 4.98 Å². The van der Waals surface area contributed by atoms with Gasteiger partial charge in [-0.3, -0.25) is 4.79 Å². The van der Waals surface area contributed by atoms with Crippen molar-refractivity contribution in [2.45, 2.75) is 38.3 Å². The van der Waals surface area contributed by atoms with Crippen LogP contribution in [0.4, 0.5) is 36.9 Å². The molecule has 0 spiro atoms. The molecular formula is C18H22F5N5OS. The molecule has 1 unspecified atom stereocenters. The number of hydrogen-bond acceptors (Lipinski definition) is 5. The van der Waals surface area contributed by atoms with E-state index in [0.29, 0.717) is 34.9 Å². The molecule has 0 saturated carbocycles. The Morgan fingerprint density at radius 2 is 1.73 bits per heavy atom. The lowest BCUT2D eigenvalue weighted by Crippen LogP contribution is -2.49. The van der Waals surface area contributed by atoms with Crippen LogP contribution in [0, 0.1) is 12.8 Å². The summed E-state index contributed by atoms with van der Waals surface area (Å²) in [6.07, 6.45) is 0. The number of likely N-dealkylation sites (N-methyl/N-ethyl adjacent to an activating group) is 1. The molecule has 12 heteroatoms. The number of nitrogens with zero attached hydrogens (tertiary/aromatic N) is 3. The molecule has 0 radical (unpaired) electrons. The number of carbonyl (C=O) groups excluding carboxylic acids is 1. The molecule has 1 aliphatic rings. The summed E-state index contributed by atoms with van der Waals surface area (Å²) in [7, 11) is -7.94. The predicted molar refractivity (Wildman–Crippen MR) is 108 cm³/mol. The zero-order valence-corrected chi connectivity index (χ0v) is 17.5. The van der Waals surface area contributed by atoms with Crippen LogP contribution in [0.15, 0.2) is 29.2 Å². The Hall–Kier alpha value is -2.63. The van der Waals surface area contributed by atoms with Crippen LogP contribution < -0.4 is 15.5 Å². The molecule has 1 amide bonds. The van der Waals surface area contributed by atoms with Crippen LogP contribution in [0.25, 0.3) is 0 Å². The summed E-state index contributed by atoms with van der Waals surface area (Å²) >= 11 is 0. The van der Waals surface area contributed by atoms with E-state index in [0.717, 1.165) is 12.1 Å². The third-order valence-electron chi connectivity index (χ3n) is 4.79. The van der Waals surface area contributed by atoms with E-state index in [9.17, 15) is 24.2 Å². The van der Waals surface area contributed by atoms with Gasteiger partial charge in [0, 0.05) is 13.6 Å². The normalized spacial score (nSPS) is 19.1. The van der Waals surface area contributed by atoms with Crippen LogP contribution in [0.1, 0.15) is 25.1 Å². The maximum Gasteiger partial charge on any atom is 0.310 e. The highest BCUT2D eigenvalue weighted by atomic mass is 32.5. The molecule has 0 bridgehead atoms. The van der Waals surface area contributed by atoms with Gasteiger partial charge in [0.25, 0.3) is 0 Å². The maximum absolute atomic E-state index is 12.8. The average molecular weight is 451 g/mol. The lowest BCUT2D eigenvalue weighted by Gasteiger charge is -2.40. The predicted octanol–water partition coefficient (Wildman–Crippen LogP) is 5.47. The second-order valence-electron chi connectivity index (χ2n) is 7.59. The summed E-state index contributed by atoms with van der Waals surface area (Å²) in [5.74, 6) is 0.590. The largest absolute Gasteiger partial charge is 0.350 e. The topological polar surface area (TPSA) is 70.1 Å². The Morgan fingerprint density at radius 3 is 2.27 bits per heavy atom. The van der Waals surface area contributed by atoms with E-state index in [1.54, 1.807) is 18.9 Å². The van der Waals surface area contributed by atoms with E-state index < -0.39 is 21.2 Å². The number of amides is 1. The van der Waals surface area contributed by atoms with Crippen LogP contribution in [0.3, 0.4) is 0 Å². The van der Waals surface area contributed by atoms with Crippen LogP contribution in [0.2, 0.25) is 0 Å². The molecule has 2 heterocycles. The van der Waals surface area contributed by atoms with Crippen molar-refractivity contribution < 1.29 is 24.2 Å². The lowest BCUT2D eigenvalue weighted by molar-refractivity contribution is -0.118. The van der Waals surface area contributed by atoms with E-state index in [1.165, 1.54) is 0 Å². The molecule has 30 heavy (non-hydrogen) atoms. The van der Waals surface area contributed by atoms with Gasteiger partial charge >= 0.3 is 10.2 Å². The first-order valence-corrected chi connectivity index (χ1v) is 11.0. The van der Waals surface area contributed by atoms with Crippen LogP contribution >= 0.6 is 10.2 Å². The minimum atomic E-state index is -9.69. The fraction of sp³-hybridized carbons (Fsp3) is 0.389. The third-order valence-corrected chi connectivity index (χ3v) is 5.95. The number of fused-ring (bicyclic) bond motifs is 1. The third kappa shape index (κ3) is 4.42. The molecule has 2 aromatic rings. The molecule has 1 aromatic carbocycles. The van der Waals surface area contributed by atoms with Gasteiger partial charge in [0.1, 0.15) is 16.6 Å². The number of halogens is 5. The fourth-order valence-electron chi connectivity index (χ4n) is 3.34. The number of aryl methyl sites for hydroxylation is 1. The summed E-state index contributed by atoms with van der Waals surface area (Å²) < 4.78 is 64.1. The summed E-state index contributed by atoms with van der Waals surface area (Å²) in [4.78, 5) is 20.8. The van der Waals surface area contributed by atoms with Gasteiger partial charge in [0.15, 0.2) is 5.82 Å². The Kier molecular flexibility index (Phi) is 4.73. The van der Waals surface area contributed by atoms with Gasteiger partial charge in [-0.2, -0.15) is 4.98 Å². The first-order valence-electron chi connectivity index (χ1n) is 9.06. The molecule has 3 rings (SSSR count). The van der Waals surface area contributed by atoms with E-state index in [1.807, 2.05) is 13.8 Å². The lowest BCUT2D eigenvalue weighted by atomic mass is 9.99. The van der Waals surface area contributed by atoms with Crippen molar-refractivity contribution in [3.63, 3.8) is 0 Å². The summed E-state index contributed by atoms with van der Waals surface area (Å²) in [5, 5.41) is 5.70. The minimum absolute atomic E-state index is 0.0302. The van der Waals surface area contributed by atoms with Gasteiger partial charge < -0.3 is 15.5 Å². The first-order chi connectivity index (χ1) is 13.6. The second-order valence-corrected chi connectivity index (χ2v) is 10.00. The molecule has 1 aliphatic heterocycles. The smallest absolute Gasteiger partial charge is 0.310 e. The number of benzene rings is 1. The Labute approximate surface area is 170 Å². The van der Waals surface area contributed by atoms with Crippen molar-refractivity contribution in [2.24, 2.45) is 5.92 Å². The van der Waals surface area contributed by atoms with E-state index in [4.69, 9.17) is 0 Å². The van der Waals surface area contributed by atoms with Crippen molar-refractivity contribution >= 4 is 33.6 Å². The highest BCUT2D eigenvalue weighted by Crippen LogP contribution is 3.02. The van der Waals surface area contributed by atoms with Crippen LogP contribution in [0.5, 0.6) is 0 Å². The average Bonchev–Trinajstić information content (AvgIpc) is 2.59. The van der Waals surface area contributed by atoms with E-state index in [2.05, 4.69) is 20.6 Å². The fourth-order valence-corrected chi connectivity index (χ4v) is 3.99. The van der Waals surface area contributed by atoms with Crippen molar-refractivity contribution in [3.8, 4) is 0 Å². The molecule has 166 valence electrons. The molecule has 2 N–H and O–H groups in total. The molecule has 1 atom stereocenters. The van der Waals surface area contributed by atoms with E-state index in [-0.39, 0.29) is 24.3 Å². The van der Waals surface area contributed by atoms with Gasteiger partial charge in [-0.05, 0) is 30.5 Å². The zero-order chi connectivity index (χ0) is 22.5. The highest BCUT2D eigenvalue weighted by molar-refractivity contribution is 8.45. The van der Waals surface area contributed by atoms with Gasteiger partial charge in [-0.15, -0.1) is 0 Å². The Balaban J connectivity index is 1.81. The first kappa shape index (κ1) is 22.1. The zero-order valence-electron chi connectivity index (χ0n) is 16.7. The minimum Gasteiger partial charge on any atom is -0.350 e. The van der Waals surface area contributed by atoms with E-state index >= 15 is 0 Å². The van der Waals surface area contributed by atoms with Gasteiger partial charge in [0.2, 0.25) is 11.9 Å². The molecule has 1 aromatic heterocycles. The quantitative estimate of drug-likeness (QED) is 0.590. The number of aromatic nitrogens is 2. The number of nitrogens with one attached hydrogen (secondary N) is 2. The summed E-state index contributed by atoms with van der Waals surface area (Å²) in [5.41, 5.74) is 1.35. The van der Waals surface area contributed by atoms with Gasteiger partial charge in [-0.1, -0.05) is 45.4 Å². The number of carbonyl (C=O) groups is 1. The van der Waals surface area contributed by atoms with Crippen LogP contribution in [-0.4, -0.2) is 29.0 Å². The monoisotopic (exact) mass is 451 g/mol. The van der Waals surface area contributed by atoms with Crippen LogP contribution in [-0.2, 0) is 11.3 Å². The highest BCUT2D eigenvalue weighted by Gasteiger charge is 2.65. The number of rotatable bonds is 5. The van der Waals surface area contributed by atoms with Crippen molar-refractivity contribution in [3.05, 3.63) is 35.5 Å². The molecule has 6 nitrogen and oxygen atoms in total. The van der Waals surface area contributed by atoms with Crippen molar-refractivity contribution in [1.82, 2.24) is 9.97 Å². The van der Waals surface area contributed by atoms with Gasteiger partial charge in [0.05, 0.1) is 5.69 Å². The SMILES string of the molecule is Cc1nc(NCc2ccc(S(F)(F)(F)(F)F)cc2)nc2c1NC(=O)C(C(C)C)N2C. The standard InChI is InChI=1S/C18H22F5N5OS/c1-10(2)15-17(29)26-14-11(3)25-18(27-16(14)28(15)4)24-9-12-5-7-13(8-6-12)30(19,20,21,22)23/h5-8,10,15H,9H2,1-4H3,(H,26,29)(H,24,25,27). The molecular weight excluding hydrogens is 429 g/mol.